The lowest BCUT2D eigenvalue weighted by atomic mass is 10.3. The summed E-state index contributed by atoms with van der Waals surface area (Å²) in [5.74, 6) is 0.297. The summed E-state index contributed by atoms with van der Waals surface area (Å²) >= 11 is 5.39. The molecule has 0 radical (unpaired) electrons. The molecule has 0 saturated carbocycles. The molecule has 8 heteroatoms. The van der Waals surface area contributed by atoms with Crippen LogP contribution >= 0.6 is 38.5 Å². The number of anilines is 2. The van der Waals surface area contributed by atoms with Gasteiger partial charge in [0.15, 0.2) is 0 Å². The van der Waals surface area contributed by atoms with Crippen molar-refractivity contribution in [1.29, 1.82) is 0 Å². The van der Waals surface area contributed by atoms with Gasteiger partial charge >= 0.3 is 0 Å². The molecule has 1 heterocycles. The van der Waals surface area contributed by atoms with Gasteiger partial charge in [-0.1, -0.05) is 0 Å². The van der Waals surface area contributed by atoms with E-state index in [0.717, 1.165) is 3.57 Å². The third-order valence-corrected chi connectivity index (χ3v) is 4.99. The largest absolute Gasteiger partial charge is 0.372 e. The Morgan fingerprint density at radius 2 is 1.90 bits per heavy atom. The summed E-state index contributed by atoms with van der Waals surface area (Å²) in [6.07, 6.45) is 1.54. The molecule has 20 heavy (non-hydrogen) atoms. The van der Waals surface area contributed by atoms with E-state index in [2.05, 4.69) is 53.5 Å². The molecule has 0 unspecified atom stereocenters. The summed E-state index contributed by atoms with van der Waals surface area (Å²) < 4.78 is 29.0. The first-order chi connectivity index (χ1) is 9.42. The van der Waals surface area contributed by atoms with E-state index in [9.17, 15) is 8.42 Å². The Morgan fingerprint density at radius 3 is 2.50 bits per heavy atom. The van der Waals surface area contributed by atoms with Gasteiger partial charge in [0.2, 0.25) is 0 Å². The van der Waals surface area contributed by atoms with Crippen molar-refractivity contribution in [2.45, 2.75) is 4.90 Å². The molecule has 2 aromatic rings. The van der Waals surface area contributed by atoms with E-state index in [1.54, 1.807) is 19.2 Å². The van der Waals surface area contributed by atoms with Gasteiger partial charge in [0.05, 0.1) is 0 Å². The van der Waals surface area contributed by atoms with Crippen molar-refractivity contribution in [1.82, 2.24) is 4.98 Å². The smallest absolute Gasteiger partial charge is 0.265 e. The fraction of sp³-hybridized carbons (Fsp3) is 0.0833. The Bertz CT molecular complexity index is 720. The molecule has 0 aliphatic heterocycles. The summed E-state index contributed by atoms with van der Waals surface area (Å²) in [5.41, 5.74) is 0.507. The van der Waals surface area contributed by atoms with E-state index >= 15 is 0 Å². The Labute approximate surface area is 139 Å². The predicted molar refractivity (Wildman–Crippen MR) is 91.5 cm³/mol. The van der Waals surface area contributed by atoms with Crippen molar-refractivity contribution in [3.05, 3.63) is 44.6 Å². The third kappa shape index (κ3) is 3.61. The highest BCUT2D eigenvalue weighted by Gasteiger charge is 2.20. The van der Waals surface area contributed by atoms with Crippen molar-refractivity contribution in [3.8, 4) is 0 Å². The Hall–Kier alpha value is -0.870. The van der Waals surface area contributed by atoms with Crippen LogP contribution in [0.1, 0.15) is 0 Å². The van der Waals surface area contributed by atoms with Crippen LogP contribution in [0.25, 0.3) is 0 Å². The van der Waals surface area contributed by atoms with Crippen LogP contribution in [0.4, 0.5) is 11.5 Å². The van der Waals surface area contributed by atoms with Crippen LogP contribution in [0.5, 0.6) is 0 Å². The minimum absolute atomic E-state index is 0.0907. The second-order valence-electron chi connectivity index (χ2n) is 3.86. The van der Waals surface area contributed by atoms with Gasteiger partial charge in [0.25, 0.3) is 10.0 Å². The number of benzene rings is 1. The molecule has 0 amide bonds. The summed E-state index contributed by atoms with van der Waals surface area (Å²) in [6.45, 7) is 0. The Balaban J connectivity index is 2.40. The number of hydrogen-bond donors (Lipinski definition) is 2. The number of sulfonamides is 1. The monoisotopic (exact) mass is 467 g/mol. The van der Waals surface area contributed by atoms with Crippen LogP contribution in [-0.2, 0) is 10.0 Å². The first-order valence-electron chi connectivity index (χ1n) is 5.54. The quantitative estimate of drug-likeness (QED) is 0.677. The lowest BCUT2D eigenvalue weighted by molar-refractivity contribution is 0.601. The number of hydrogen-bond acceptors (Lipinski definition) is 4. The summed E-state index contributed by atoms with van der Waals surface area (Å²) in [6, 6.07) is 8.59. The zero-order valence-corrected chi connectivity index (χ0v) is 15.0. The van der Waals surface area contributed by atoms with E-state index in [1.807, 2.05) is 12.1 Å². The molecule has 0 atom stereocenters. The molecule has 0 bridgehead atoms. The first kappa shape index (κ1) is 15.5. The van der Waals surface area contributed by atoms with Crippen molar-refractivity contribution in [2.75, 3.05) is 17.1 Å². The van der Waals surface area contributed by atoms with Crippen LogP contribution in [0, 0.1) is 3.57 Å². The highest BCUT2D eigenvalue weighted by Crippen LogP contribution is 2.25. The van der Waals surface area contributed by atoms with Gasteiger partial charge in [-0.25, -0.2) is 13.4 Å². The van der Waals surface area contributed by atoms with Gasteiger partial charge in [-0.15, -0.1) is 0 Å². The molecule has 0 fully saturated rings. The molecule has 106 valence electrons. The summed E-state index contributed by atoms with van der Waals surface area (Å²) in [4.78, 5) is 4.13. The Morgan fingerprint density at radius 1 is 1.25 bits per heavy atom. The predicted octanol–water partition coefficient (Wildman–Crippen LogP) is 3.29. The number of aromatic nitrogens is 1. The fourth-order valence-corrected chi connectivity index (χ4v) is 3.63. The molecule has 1 aromatic carbocycles. The SMILES string of the molecule is CNc1ncc(Br)cc1S(=O)(=O)Nc1ccc(I)cc1. The van der Waals surface area contributed by atoms with Gasteiger partial charge in [-0.3, -0.25) is 4.72 Å². The number of nitrogens with one attached hydrogen (secondary N) is 2. The molecule has 5 nitrogen and oxygen atoms in total. The van der Waals surface area contributed by atoms with Crippen LogP contribution < -0.4 is 10.0 Å². The highest BCUT2D eigenvalue weighted by molar-refractivity contribution is 14.1. The zero-order valence-electron chi connectivity index (χ0n) is 10.4. The molecule has 2 rings (SSSR count). The number of pyridine rings is 1. The second kappa shape index (κ2) is 6.27. The van der Waals surface area contributed by atoms with Gasteiger partial charge in [0.1, 0.15) is 10.7 Å². The van der Waals surface area contributed by atoms with Gasteiger partial charge in [-0.2, -0.15) is 0 Å². The number of rotatable bonds is 4. The maximum Gasteiger partial charge on any atom is 0.265 e. The standard InChI is InChI=1S/C12H11BrIN3O2S/c1-15-12-11(6-8(13)7-16-12)20(18,19)17-10-4-2-9(14)3-5-10/h2-7,17H,1H3,(H,15,16). The lowest BCUT2D eigenvalue weighted by Crippen LogP contribution is -2.15. The molecule has 2 N–H and O–H groups in total. The maximum atomic E-state index is 12.4. The van der Waals surface area contributed by atoms with E-state index in [0.29, 0.717) is 16.0 Å². The molecule has 0 aliphatic carbocycles. The normalized spacial score (nSPS) is 11.2. The van der Waals surface area contributed by atoms with Crippen LogP contribution in [0.3, 0.4) is 0 Å². The maximum absolute atomic E-state index is 12.4. The lowest BCUT2D eigenvalue weighted by Gasteiger charge is -2.11. The molecule has 0 aliphatic rings. The summed E-state index contributed by atoms with van der Waals surface area (Å²) in [7, 11) is -2.07. The molecule has 1 aromatic heterocycles. The van der Waals surface area contributed by atoms with Crippen LogP contribution in [0.2, 0.25) is 0 Å². The molecule has 0 saturated heterocycles. The van der Waals surface area contributed by atoms with E-state index in [1.165, 1.54) is 12.3 Å². The van der Waals surface area contributed by atoms with Crippen LogP contribution in [0.15, 0.2) is 45.9 Å². The van der Waals surface area contributed by atoms with E-state index in [-0.39, 0.29) is 4.90 Å². The van der Waals surface area contributed by atoms with Crippen molar-refractivity contribution in [3.63, 3.8) is 0 Å². The fourth-order valence-electron chi connectivity index (χ4n) is 1.54. The van der Waals surface area contributed by atoms with Crippen molar-refractivity contribution < 1.29 is 8.42 Å². The minimum Gasteiger partial charge on any atom is -0.372 e. The average molecular weight is 468 g/mol. The zero-order chi connectivity index (χ0) is 14.8. The van der Waals surface area contributed by atoms with Crippen molar-refractivity contribution in [2.24, 2.45) is 0 Å². The first-order valence-corrected chi connectivity index (χ1v) is 8.89. The van der Waals surface area contributed by atoms with Gasteiger partial charge < -0.3 is 5.32 Å². The molecule has 0 spiro atoms. The van der Waals surface area contributed by atoms with Crippen molar-refractivity contribution >= 4 is 60.0 Å². The second-order valence-corrected chi connectivity index (χ2v) is 7.67. The van der Waals surface area contributed by atoms with Crippen LogP contribution in [-0.4, -0.2) is 20.4 Å². The Kier molecular flexibility index (Phi) is 4.86. The molecular weight excluding hydrogens is 457 g/mol. The molecular formula is C12H11BrIN3O2S. The van der Waals surface area contributed by atoms with E-state index < -0.39 is 10.0 Å². The van der Waals surface area contributed by atoms with Gasteiger partial charge in [-0.05, 0) is 68.9 Å². The minimum atomic E-state index is -3.70. The number of nitrogens with zero attached hydrogens (tertiary/aromatic N) is 1. The highest BCUT2D eigenvalue weighted by atomic mass is 127. The topological polar surface area (TPSA) is 71.1 Å². The summed E-state index contributed by atoms with van der Waals surface area (Å²) in [5, 5.41) is 2.77. The average Bonchev–Trinajstić information content (AvgIpc) is 2.41. The third-order valence-electron chi connectivity index (χ3n) is 2.44. The van der Waals surface area contributed by atoms with Gasteiger partial charge in [0, 0.05) is 27.0 Å². The number of halogens is 2. The van der Waals surface area contributed by atoms with E-state index in [4.69, 9.17) is 0 Å².